The maximum Gasteiger partial charge on any atom is 0.159 e. The van der Waals surface area contributed by atoms with E-state index in [-0.39, 0.29) is 0 Å². The first-order valence-corrected chi connectivity index (χ1v) is 5.03. The topological polar surface area (TPSA) is 30.7 Å². The molecule has 12 heavy (non-hydrogen) atoms. The van der Waals surface area contributed by atoms with Gasteiger partial charge in [0.25, 0.3) is 0 Å². The van der Waals surface area contributed by atoms with Gasteiger partial charge in [-0.25, -0.2) is 9.97 Å². The summed E-state index contributed by atoms with van der Waals surface area (Å²) >= 11 is 4.88. The average molecular weight is 244 g/mol. The molecule has 3 nitrogen and oxygen atoms in total. The van der Waals surface area contributed by atoms with E-state index in [9.17, 15) is 0 Å². The Labute approximate surface area is 82.2 Å². The minimum atomic E-state index is 0.889. The van der Waals surface area contributed by atoms with Gasteiger partial charge in [0.1, 0.15) is 5.69 Å². The second-order valence-electron chi connectivity index (χ2n) is 2.35. The molecule has 0 aliphatic heterocycles. The summed E-state index contributed by atoms with van der Waals surface area (Å²) < 4.78 is 2.84. The van der Waals surface area contributed by atoms with Crippen molar-refractivity contribution in [3.63, 3.8) is 0 Å². The molecular formula is C7H6BrN3S. The van der Waals surface area contributed by atoms with E-state index in [1.807, 2.05) is 23.2 Å². The Morgan fingerprint density at radius 3 is 2.92 bits per heavy atom. The summed E-state index contributed by atoms with van der Waals surface area (Å²) in [6, 6.07) is 0. The van der Waals surface area contributed by atoms with E-state index in [4.69, 9.17) is 0 Å². The van der Waals surface area contributed by atoms with E-state index in [1.54, 1.807) is 17.5 Å². The molecule has 0 bridgehead atoms. The molecule has 0 aromatic carbocycles. The fourth-order valence-corrected chi connectivity index (χ4v) is 1.96. The maximum absolute atomic E-state index is 4.27. The van der Waals surface area contributed by atoms with Crippen molar-refractivity contribution in [2.24, 2.45) is 7.05 Å². The lowest BCUT2D eigenvalue weighted by Gasteiger charge is -1.94. The van der Waals surface area contributed by atoms with E-state index >= 15 is 0 Å². The van der Waals surface area contributed by atoms with Crippen molar-refractivity contribution in [2.45, 2.75) is 0 Å². The van der Waals surface area contributed by atoms with Crippen molar-refractivity contribution >= 4 is 27.3 Å². The van der Waals surface area contributed by atoms with Crippen LogP contribution in [-0.4, -0.2) is 14.5 Å². The van der Waals surface area contributed by atoms with Crippen LogP contribution in [0.4, 0.5) is 0 Å². The highest BCUT2D eigenvalue weighted by molar-refractivity contribution is 9.11. The standard InChI is InChI=1S/C7H6BrN3S/c1-11-3-2-9-6(11)5-4-12-7(8)10-5/h2-4H,1H3. The molecule has 0 unspecified atom stereocenters. The van der Waals surface area contributed by atoms with Crippen LogP contribution in [-0.2, 0) is 7.05 Å². The first kappa shape index (κ1) is 7.94. The van der Waals surface area contributed by atoms with Gasteiger partial charge in [0.2, 0.25) is 0 Å². The molecule has 0 spiro atoms. The minimum absolute atomic E-state index is 0.889. The van der Waals surface area contributed by atoms with Gasteiger partial charge in [0.15, 0.2) is 9.74 Å². The average Bonchev–Trinajstić information content (AvgIpc) is 2.58. The molecule has 5 heteroatoms. The largest absolute Gasteiger partial charge is 0.333 e. The lowest BCUT2D eigenvalue weighted by atomic mass is 10.5. The summed E-state index contributed by atoms with van der Waals surface area (Å²) in [7, 11) is 1.95. The first-order valence-electron chi connectivity index (χ1n) is 3.36. The Hall–Kier alpha value is -0.680. The van der Waals surface area contributed by atoms with Gasteiger partial charge in [-0.3, -0.25) is 0 Å². The second kappa shape index (κ2) is 2.99. The molecule has 0 aliphatic rings. The van der Waals surface area contributed by atoms with Gasteiger partial charge >= 0.3 is 0 Å². The predicted octanol–water partition coefficient (Wildman–Crippen LogP) is 2.31. The first-order chi connectivity index (χ1) is 5.77. The smallest absolute Gasteiger partial charge is 0.159 e. The molecular weight excluding hydrogens is 238 g/mol. The molecule has 2 heterocycles. The van der Waals surface area contributed by atoms with Gasteiger partial charge in [-0.2, -0.15) is 0 Å². The third kappa shape index (κ3) is 1.30. The SMILES string of the molecule is Cn1ccnc1-c1csc(Br)n1. The van der Waals surface area contributed by atoms with E-state index in [2.05, 4.69) is 25.9 Å². The minimum Gasteiger partial charge on any atom is -0.333 e. The Morgan fingerprint density at radius 2 is 2.42 bits per heavy atom. The van der Waals surface area contributed by atoms with Crippen LogP contribution in [0.3, 0.4) is 0 Å². The number of imidazole rings is 1. The van der Waals surface area contributed by atoms with Crippen LogP contribution in [0, 0.1) is 0 Å². The van der Waals surface area contributed by atoms with Gasteiger partial charge in [-0.05, 0) is 15.9 Å². The van der Waals surface area contributed by atoms with Crippen LogP contribution >= 0.6 is 27.3 Å². The Morgan fingerprint density at radius 1 is 1.58 bits per heavy atom. The highest BCUT2D eigenvalue weighted by atomic mass is 79.9. The fourth-order valence-electron chi connectivity index (χ4n) is 0.967. The monoisotopic (exact) mass is 243 g/mol. The van der Waals surface area contributed by atoms with Gasteiger partial charge in [0, 0.05) is 24.8 Å². The summed E-state index contributed by atoms with van der Waals surface area (Å²) in [6.07, 6.45) is 3.67. The van der Waals surface area contributed by atoms with Crippen molar-refractivity contribution < 1.29 is 0 Å². The summed E-state index contributed by atoms with van der Waals surface area (Å²) in [5.74, 6) is 0.900. The Balaban J connectivity index is 2.50. The van der Waals surface area contributed by atoms with E-state index in [0.29, 0.717) is 0 Å². The number of thiazole rings is 1. The van der Waals surface area contributed by atoms with Crippen molar-refractivity contribution in [1.82, 2.24) is 14.5 Å². The van der Waals surface area contributed by atoms with Crippen LogP contribution in [0.15, 0.2) is 21.7 Å². The summed E-state index contributed by atoms with van der Waals surface area (Å²) in [6.45, 7) is 0. The van der Waals surface area contributed by atoms with Gasteiger partial charge in [0.05, 0.1) is 0 Å². The van der Waals surface area contributed by atoms with Crippen LogP contribution < -0.4 is 0 Å². The summed E-state index contributed by atoms with van der Waals surface area (Å²) in [5, 5.41) is 1.98. The molecule has 0 saturated carbocycles. The third-order valence-electron chi connectivity index (χ3n) is 1.53. The molecule has 62 valence electrons. The zero-order valence-electron chi connectivity index (χ0n) is 6.36. The highest BCUT2D eigenvalue weighted by Crippen LogP contribution is 2.22. The van der Waals surface area contributed by atoms with E-state index < -0.39 is 0 Å². The van der Waals surface area contributed by atoms with Gasteiger partial charge < -0.3 is 4.57 Å². The number of hydrogen-bond acceptors (Lipinski definition) is 3. The summed E-state index contributed by atoms with van der Waals surface area (Å²) in [5.41, 5.74) is 0.916. The normalized spacial score (nSPS) is 10.5. The number of halogens is 1. The number of hydrogen-bond donors (Lipinski definition) is 0. The highest BCUT2D eigenvalue weighted by Gasteiger charge is 2.06. The molecule has 0 N–H and O–H groups in total. The molecule has 0 fully saturated rings. The third-order valence-corrected chi connectivity index (χ3v) is 2.89. The van der Waals surface area contributed by atoms with E-state index in [1.165, 1.54) is 0 Å². The predicted molar refractivity (Wildman–Crippen MR) is 52.0 cm³/mol. The number of aromatic nitrogens is 3. The van der Waals surface area contributed by atoms with Crippen LogP contribution in [0.5, 0.6) is 0 Å². The van der Waals surface area contributed by atoms with Gasteiger partial charge in [-0.15, -0.1) is 11.3 Å². The molecule has 2 aromatic heterocycles. The van der Waals surface area contributed by atoms with E-state index in [0.717, 1.165) is 15.4 Å². The van der Waals surface area contributed by atoms with Crippen LogP contribution in [0.1, 0.15) is 0 Å². The zero-order chi connectivity index (χ0) is 8.55. The Kier molecular flexibility index (Phi) is 1.98. The lowest BCUT2D eigenvalue weighted by Crippen LogP contribution is -1.90. The molecule has 2 aromatic rings. The molecule has 0 radical (unpaired) electrons. The quantitative estimate of drug-likeness (QED) is 0.770. The van der Waals surface area contributed by atoms with Crippen molar-refractivity contribution in [2.75, 3.05) is 0 Å². The van der Waals surface area contributed by atoms with Crippen molar-refractivity contribution in [1.29, 1.82) is 0 Å². The molecule has 0 saturated heterocycles. The maximum atomic E-state index is 4.27. The van der Waals surface area contributed by atoms with Crippen molar-refractivity contribution in [3.05, 3.63) is 21.7 Å². The number of aryl methyl sites for hydroxylation is 1. The van der Waals surface area contributed by atoms with Gasteiger partial charge in [-0.1, -0.05) is 0 Å². The second-order valence-corrected chi connectivity index (χ2v) is 4.48. The van der Waals surface area contributed by atoms with Crippen LogP contribution in [0.2, 0.25) is 0 Å². The molecule has 0 amide bonds. The Bertz CT molecular complexity index is 393. The fraction of sp³-hybridized carbons (Fsp3) is 0.143. The van der Waals surface area contributed by atoms with Crippen molar-refractivity contribution in [3.8, 4) is 11.5 Å². The molecule has 2 rings (SSSR count). The summed E-state index contributed by atoms with van der Waals surface area (Å²) in [4.78, 5) is 8.45. The number of nitrogens with zero attached hydrogens (tertiary/aromatic N) is 3. The van der Waals surface area contributed by atoms with Crippen LogP contribution in [0.25, 0.3) is 11.5 Å². The zero-order valence-corrected chi connectivity index (χ0v) is 8.76. The number of rotatable bonds is 1. The lowest BCUT2D eigenvalue weighted by molar-refractivity contribution is 0.919. The molecule has 0 aliphatic carbocycles. The molecule has 0 atom stereocenters.